The molecule has 2 N–H and O–H groups in total. The monoisotopic (exact) mass is 241 g/mol. The van der Waals surface area contributed by atoms with Gasteiger partial charge in [0.2, 0.25) is 5.91 Å². The van der Waals surface area contributed by atoms with Crippen LogP contribution in [0.3, 0.4) is 0 Å². The van der Waals surface area contributed by atoms with Crippen LogP contribution in [0.25, 0.3) is 0 Å². The highest BCUT2D eigenvalue weighted by molar-refractivity contribution is 5.75. The molecule has 1 amide bonds. The van der Waals surface area contributed by atoms with E-state index < -0.39 is 0 Å². The first-order valence-corrected chi connectivity index (χ1v) is 6.98. The third kappa shape index (κ3) is 6.03. The van der Waals surface area contributed by atoms with Crippen LogP contribution in [0.2, 0.25) is 0 Å². The summed E-state index contributed by atoms with van der Waals surface area (Å²) in [5, 5.41) is 6.42. The zero-order valence-electron chi connectivity index (χ0n) is 11.3. The highest BCUT2D eigenvalue weighted by atomic mass is 16.1. The summed E-state index contributed by atoms with van der Waals surface area (Å²) >= 11 is 0. The van der Waals surface area contributed by atoms with Gasteiger partial charge in [0, 0.05) is 32.1 Å². The number of carbonyl (C=O) groups excluding carboxylic acids is 1. The first-order chi connectivity index (χ1) is 8.26. The van der Waals surface area contributed by atoms with Gasteiger partial charge < -0.3 is 15.5 Å². The minimum Gasteiger partial charge on any atom is -0.356 e. The Morgan fingerprint density at radius 2 is 2.24 bits per heavy atom. The molecule has 0 aliphatic carbocycles. The van der Waals surface area contributed by atoms with Crippen LogP contribution >= 0.6 is 0 Å². The Hall–Kier alpha value is -0.610. The van der Waals surface area contributed by atoms with Crippen molar-refractivity contribution in [2.24, 2.45) is 0 Å². The predicted octanol–water partition coefficient (Wildman–Crippen LogP) is 0.977. The van der Waals surface area contributed by atoms with Gasteiger partial charge in [-0.25, -0.2) is 0 Å². The molecule has 1 fully saturated rings. The molecule has 4 heteroatoms. The molecule has 1 heterocycles. The maximum Gasteiger partial charge on any atom is 0.221 e. The Morgan fingerprint density at radius 1 is 1.41 bits per heavy atom. The molecule has 100 valence electrons. The summed E-state index contributed by atoms with van der Waals surface area (Å²) in [6.07, 6.45) is 4.35. The van der Waals surface area contributed by atoms with Crippen LogP contribution < -0.4 is 10.6 Å². The molecule has 1 rings (SSSR count). The molecule has 0 radical (unpaired) electrons. The van der Waals surface area contributed by atoms with E-state index in [1.807, 2.05) is 6.92 Å². The van der Waals surface area contributed by atoms with Gasteiger partial charge in [0.25, 0.3) is 0 Å². The minimum absolute atomic E-state index is 0.177. The fourth-order valence-corrected chi connectivity index (χ4v) is 2.32. The van der Waals surface area contributed by atoms with Crippen molar-refractivity contribution in [1.82, 2.24) is 15.5 Å². The molecule has 17 heavy (non-hydrogen) atoms. The Bertz CT molecular complexity index is 221. The minimum atomic E-state index is 0.177. The molecule has 0 spiro atoms. The van der Waals surface area contributed by atoms with E-state index in [2.05, 4.69) is 22.5 Å². The second-order valence-electron chi connectivity index (χ2n) is 4.80. The highest BCUT2D eigenvalue weighted by Gasteiger charge is 2.19. The van der Waals surface area contributed by atoms with E-state index in [9.17, 15) is 4.79 Å². The van der Waals surface area contributed by atoms with Crippen molar-refractivity contribution in [3.63, 3.8) is 0 Å². The van der Waals surface area contributed by atoms with E-state index in [1.165, 1.54) is 19.3 Å². The maximum absolute atomic E-state index is 11.4. The zero-order valence-corrected chi connectivity index (χ0v) is 11.3. The summed E-state index contributed by atoms with van der Waals surface area (Å²) in [5.41, 5.74) is 0. The van der Waals surface area contributed by atoms with Crippen LogP contribution in [-0.4, -0.2) is 49.6 Å². The molecule has 0 saturated carbocycles. The van der Waals surface area contributed by atoms with Crippen molar-refractivity contribution >= 4 is 5.91 Å². The number of rotatable bonds is 7. The maximum atomic E-state index is 11.4. The van der Waals surface area contributed by atoms with Gasteiger partial charge in [-0.3, -0.25) is 4.79 Å². The largest absolute Gasteiger partial charge is 0.356 e. The molecule has 1 saturated heterocycles. The third-order valence-corrected chi connectivity index (χ3v) is 3.22. The Balaban J connectivity index is 2.17. The molecule has 1 aliphatic rings. The van der Waals surface area contributed by atoms with E-state index in [4.69, 9.17) is 0 Å². The Kier molecular flexibility index (Phi) is 7.21. The van der Waals surface area contributed by atoms with Gasteiger partial charge in [-0.15, -0.1) is 0 Å². The molecule has 4 nitrogen and oxygen atoms in total. The fraction of sp³-hybridized carbons (Fsp3) is 0.923. The van der Waals surface area contributed by atoms with E-state index in [1.54, 1.807) is 0 Å². The summed E-state index contributed by atoms with van der Waals surface area (Å²) in [7, 11) is 0. The molecule has 1 atom stereocenters. The normalized spacial score (nSPS) is 21.4. The van der Waals surface area contributed by atoms with E-state index in [0.717, 1.165) is 32.7 Å². The Morgan fingerprint density at radius 3 is 2.94 bits per heavy atom. The van der Waals surface area contributed by atoms with Crippen molar-refractivity contribution in [2.75, 3.05) is 32.7 Å². The number of carbonyl (C=O) groups is 1. The van der Waals surface area contributed by atoms with Crippen LogP contribution in [0.4, 0.5) is 0 Å². The summed E-state index contributed by atoms with van der Waals surface area (Å²) in [6.45, 7) is 9.14. The summed E-state index contributed by atoms with van der Waals surface area (Å²) in [4.78, 5) is 13.8. The molecule has 1 unspecified atom stereocenters. The quantitative estimate of drug-likeness (QED) is 0.698. The Labute approximate surface area is 105 Å². The molecule has 0 aromatic rings. The van der Waals surface area contributed by atoms with Gasteiger partial charge in [0.05, 0.1) is 0 Å². The van der Waals surface area contributed by atoms with E-state index in [-0.39, 0.29) is 5.91 Å². The predicted molar refractivity (Wildman–Crippen MR) is 71.1 cm³/mol. The lowest BCUT2D eigenvalue weighted by molar-refractivity contribution is -0.121. The molecule has 1 aliphatic heterocycles. The third-order valence-electron chi connectivity index (χ3n) is 3.22. The zero-order chi connectivity index (χ0) is 12.5. The number of amides is 1. The van der Waals surface area contributed by atoms with Gasteiger partial charge in [-0.1, -0.05) is 6.92 Å². The SMILES string of the molecule is CCCNC1CCCN(CCC(=O)NCC)C1. The number of hydrogen-bond acceptors (Lipinski definition) is 3. The smallest absolute Gasteiger partial charge is 0.221 e. The van der Waals surface area contributed by atoms with Crippen LogP contribution in [-0.2, 0) is 4.79 Å². The van der Waals surface area contributed by atoms with Crippen molar-refractivity contribution in [2.45, 2.75) is 45.6 Å². The van der Waals surface area contributed by atoms with E-state index >= 15 is 0 Å². The topological polar surface area (TPSA) is 44.4 Å². The second kappa shape index (κ2) is 8.48. The summed E-state index contributed by atoms with van der Waals surface area (Å²) in [6, 6.07) is 0.623. The van der Waals surface area contributed by atoms with E-state index in [0.29, 0.717) is 12.5 Å². The molecule has 0 bridgehead atoms. The van der Waals surface area contributed by atoms with Crippen LogP contribution in [0, 0.1) is 0 Å². The number of nitrogens with zero attached hydrogens (tertiary/aromatic N) is 1. The van der Waals surface area contributed by atoms with Gasteiger partial charge in [-0.2, -0.15) is 0 Å². The van der Waals surface area contributed by atoms with Crippen LogP contribution in [0.15, 0.2) is 0 Å². The van der Waals surface area contributed by atoms with Crippen molar-refractivity contribution in [1.29, 1.82) is 0 Å². The number of nitrogens with one attached hydrogen (secondary N) is 2. The lowest BCUT2D eigenvalue weighted by atomic mass is 10.1. The highest BCUT2D eigenvalue weighted by Crippen LogP contribution is 2.10. The van der Waals surface area contributed by atoms with Gasteiger partial charge in [-0.05, 0) is 39.3 Å². The van der Waals surface area contributed by atoms with Crippen LogP contribution in [0.5, 0.6) is 0 Å². The molecule has 0 aromatic heterocycles. The average Bonchev–Trinajstić information content (AvgIpc) is 2.35. The number of likely N-dealkylation sites (tertiary alicyclic amines) is 1. The standard InChI is InChI=1S/C13H27N3O/c1-3-8-15-12-6-5-9-16(11-12)10-7-13(17)14-4-2/h12,15H,3-11H2,1-2H3,(H,14,17). The van der Waals surface area contributed by atoms with Crippen molar-refractivity contribution < 1.29 is 4.79 Å². The lowest BCUT2D eigenvalue weighted by Crippen LogP contribution is -2.46. The number of hydrogen-bond donors (Lipinski definition) is 2. The van der Waals surface area contributed by atoms with Gasteiger partial charge in [0.1, 0.15) is 0 Å². The molecular weight excluding hydrogens is 214 g/mol. The number of piperidine rings is 1. The lowest BCUT2D eigenvalue weighted by Gasteiger charge is -2.33. The fourth-order valence-electron chi connectivity index (χ4n) is 2.32. The summed E-state index contributed by atoms with van der Waals surface area (Å²) in [5.74, 6) is 0.177. The second-order valence-corrected chi connectivity index (χ2v) is 4.80. The van der Waals surface area contributed by atoms with Crippen molar-refractivity contribution in [3.8, 4) is 0 Å². The first-order valence-electron chi connectivity index (χ1n) is 6.98. The van der Waals surface area contributed by atoms with Crippen molar-refractivity contribution in [3.05, 3.63) is 0 Å². The van der Waals surface area contributed by atoms with Gasteiger partial charge in [0.15, 0.2) is 0 Å². The van der Waals surface area contributed by atoms with Crippen LogP contribution in [0.1, 0.15) is 39.5 Å². The average molecular weight is 241 g/mol. The molecular formula is C13H27N3O. The molecule has 0 aromatic carbocycles. The first kappa shape index (κ1) is 14.5. The van der Waals surface area contributed by atoms with Gasteiger partial charge >= 0.3 is 0 Å². The summed E-state index contributed by atoms with van der Waals surface area (Å²) < 4.78 is 0.